The van der Waals surface area contributed by atoms with E-state index in [0.29, 0.717) is 13.0 Å². The predicted molar refractivity (Wildman–Crippen MR) is 82.0 cm³/mol. The van der Waals surface area contributed by atoms with E-state index >= 15 is 0 Å². The third-order valence-corrected chi connectivity index (χ3v) is 4.18. The van der Waals surface area contributed by atoms with Gasteiger partial charge in [0.05, 0.1) is 0 Å². The number of amides is 2. The van der Waals surface area contributed by atoms with Crippen molar-refractivity contribution in [2.45, 2.75) is 31.1 Å². The average Bonchev–Trinajstić information content (AvgIpc) is 2.77. The minimum Gasteiger partial charge on any atom is -0.445 e. The summed E-state index contributed by atoms with van der Waals surface area (Å²) in [6, 6.07) is -0.228. The molecular weight excluding hydrogens is 292 g/mol. The molecule has 0 saturated carbocycles. The summed E-state index contributed by atoms with van der Waals surface area (Å²) in [6.45, 7) is 5.56. The van der Waals surface area contributed by atoms with E-state index in [-0.39, 0.29) is 35.3 Å². The highest BCUT2D eigenvalue weighted by Gasteiger charge is 2.38. The van der Waals surface area contributed by atoms with Crippen molar-refractivity contribution in [2.75, 3.05) is 27.2 Å². The zero-order chi connectivity index (χ0) is 16.0. The predicted octanol–water partition coefficient (Wildman–Crippen LogP) is 1.51. The lowest BCUT2D eigenvalue weighted by Crippen LogP contribution is -2.39. The van der Waals surface area contributed by atoms with Crippen LogP contribution < -0.4 is 0 Å². The van der Waals surface area contributed by atoms with Crippen molar-refractivity contribution < 1.29 is 19.1 Å². The lowest BCUT2D eigenvalue weighted by atomic mass is 10.1. The number of carbonyl (C=O) groups is 3. The first-order chi connectivity index (χ1) is 9.85. The second kappa shape index (κ2) is 8.07. The van der Waals surface area contributed by atoms with Gasteiger partial charge >= 0.3 is 6.09 Å². The molecule has 7 heteroatoms. The summed E-state index contributed by atoms with van der Waals surface area (Å²) in [7, 11) is 3.36. The van der Waals surface area contributed by atoms with Gasteiger partial charge in [-0.25, -0.2) is 4.79 Å². The number of hydrogen-bond acceptors (Lipinski definition) is 5. The fourth-order valence-corrected chi connectivity index (χ4v) is 3.23. The van der Waals surface area contributed by atoms with Crippen molar-refractivity contribution in [1.29, 1.82) is 0 Å². The van der Waals surface area contributed by atoms with Gasteiger partial charge in [0.1, 0.15) is 6.61 Å². The summed E-state index contributed by atoms with van der Waals surface area (Å²) in [5.41, 5.74) is 0. The molecule has 0 aliphatic carbocycles. The molecule has 0 N–H and O–H groups in total. The highest BCUT2D eigenvalue weighted by molar-refractivity contribution is 8.14. The first kappa shape index (κ1) is 17.6. The van der Waals surface area contributed by atoms with Gasteiger partial charge in [0.2, 0.25) is 5.91 Å². The summed E-state index contributed by atoms with van der Waals surface area (Å²) in [5, 5.41) is 0.0257. The Bertz CT molecular complexity index is 425. The van der Waals surface area contributed by atoms with Gasteiger partial charge in [-0.2, -0.15) is 0 Å². The first-order valence-corrected chi connectivity index (χ1v) is 7.64. The van der Waals surface area contributed by atoms with Crippen molar-refractivity contribution >= 4 is 28.9 Å². The molecule has 21 heavy (non-hydrogen) atoms. The van der Waals surface area contributed by atoms with Crippen LogP contribution in [0, 0.1) is 0 Å². The minimum absolute atomic E-state index is 0.0127. The minimum atomic E-state index is -0.460. The molecule has 1 heterocycles. The Morgan fingerprint density at radius 3 is 2.62 bits per heavy atom. The maximum absolute atomic E-state index is 12.0. The molecule has 0 aromatic heterocycles. The van der Waals surface area contributed by atoms with E-state index in [9.17, 15) is 14.4 Å². The van der Waals surface area contributed by atoms with Crippen LogP contribution in [0.4, 0.5) is 4.79 Å². The van der Waals surface area contributed by atoms with Crippen LogP contribution in [-0.4, -0.2) is 65.5 Å². The number of hydrogen-bond donors (Lipinski definition) is 0. The maximum Gasteiger partial charge on any atom is 0.410 e. The maximum atomic E-state index is 12.0. The Hall–Kier alpha value is -1.50. The third-order valence-electron chi connectivity index (χ3n) is 3.18. The highest BCUT2D eigenvalue weighted by atomic mass is 32.2. The number of ether oxygens (including phenoxy) is 1. The molecule has 1 saturated heterocycles. The van der Waals surface area contributed by atoms with E-state index in [1.165, 1.54) is 29.7 Å². The molecule has 0 bridgehead atoms. The molecule has 1 rings (SSSR count). The van der Waals surface area contributed by atoms with Crippen molar-refractivity contribution in [2.24, 2.45) is 0 Å². The zero-order valence-electron chi connectivity index (χ0n) is 12.7. The Morgan fingerprint density at radius 1 is 1.43 bits per heavy atom. The third kappa shape index (κ3) is 5.41. The molecule has 0 radical (unpaired) electrons. The number of likely N-dealkylation sites (tertiary alicyclic amines) is 1. The van der Waals surface area contributed by atoms with Crippen LogP contribution in [0.25, 0.3) is 0 Å². The monoisotopic (exact) mass is 314 g/mol. The summed E-state index contributed by atoms with van der Waals surface area (Å²) < 4.78 is 5.05. The molecule has 1 aliphatic heterocycles. The van der Waals surface area contributed by atoms with Gasteiger partial charge in [0, 0.05) is 45.3 Å². The van der Waals surface area contributed by atoms with Crippen LogP contribution in [-0.2, 0) is 14.3 Å². The van der Waals surface area contributed by atoms with Gasteiger partial charge in [-0.05, 0) is 6.42 Å². The van der Waals surface area contributed by atoms with E-state index in [2.05, 4.69) is 6.58 Å². The second-order valence-corrected chi connectivity index (χ2v) is 6.61. The van der Waals surface area contributed by atoms with Crippen molar-refractivity contribution in [3.63, 3.8) is 0 Å². The van der Waals surface area contributed by atoms with Gasteiger partial charge in [0.25, 0.3) is 0 Å². The number of thioether (sulfide) groups is 1. The summed E-state index contributed by atoms with van der Waals surface area (Å²) >= 11 is 1.21. The van der Waals surface area contributed by atoms with E-state index in [4.69, 9.17) is 4.74 Å². The lowest BCUT2D eigenvalue weighted by Gasteiger charge is -2.24. The zero-order valence-corrected chi connectivity index (χ0v) is 13.5. The standard InChI is InChI=1S/C14H22N2O4S/c1-5-6-20-14(19)16-9-12(21-10(2)17)7-11(16)8-13(18)15(3)4/h5,11-12H,1,6-9H2,2-4H3/t11-,12+/m1/s1. The normalized spacial score (nSPS) is 21.0. The largest absolute Gasteiger partial charge is 0.445 e. The number of carbonyl (C=O) groups excluding carboxylic acids is 3. The van der Waals surface area contributed by atoms with Crippen LogP contribution >= 0.6 is 11.8 Å². The van der Waals surface area contributed by atoms with Gasteiger partial charge in [-0.3, -0.25) is 9.59 Å². The molecule has 0 unspecified atom stereocenters. The SMILES string of the molecule is C=CCOC(=O)N1C[C@@H](SC(C)=O)C[C@@H]1CC(=O)N(C)C. The van der Waals surface area contributed by atoms with Crippen LogP contribution in [0.5, 0.6) is 0 Å². The van der Waals surface area contributed by atoms with Gasteiger partial charge in [-0.1, -0.05) is 24.4 Å². The van der Waals surface area contributed by atoms with Gasteiger partial charge < -0.3 is 14.5 Å². The van der Waals surface area contributed by atoms with Crippen LogP contribution in [0.2, 0.25) is 0 Å². The van der Waals surface area contributed by atoms with E-state index in [1.54, 1.807) is 19.0 Å². The summed E-state index contributed by atoms with van der Waals surface area (Å²) in [5.74, 6) is -0.0463. The number of nitrogens with zero attached hydrogens (tertiary/aromatic N) is 2. The molecule has 1 fully saturated rings. The number of rotatable bonds is 5. The van der Waals surface area contributed by atoms with E-state index in [1.807, 2.05) is 0 Å². The second-order valence-electron chi connectivity index (χ2n) is 5.13. The fraction of sp³-hybridized carbons (Fsp3) is 0.643. The van der Waals surface area contributed by atoms with Crippen LogP contribution in [0.3, 0.4) is 0 Å². The Morgan fingerprint density at radius 2 is 2.10 bits per heavy atom. The Balaban J connectivity index is 2.73. The van der Waals surface area contributed by atoms with E-state index in [0.717, 1.165) is 0 Å². The smallest absolute Gasteiger partial charge is 0.410 e. The Kier molecular flexibility index (Phi) is 6.74. The van der Waals surface area contributed by atoms with Gasteiger partial charge in [0.15, 0.2) is 5.12 Å². The molecule has 0 aromatic rings. The molecule has 2 atom stereocenters. The molecule has 118 valence electrons. The average molecular weight is 314 g/mol. The van der Waals surface area contributed by atoms with Crippen molar-refractivity contribution in [1.82, 2.24) is 9.80 Å². The summed E-state index contributed by atoms with van der Waals surface area (Å²) in [6.07, 6.45) is 1.89. The topological polar surface area (TPSA) is 66.9 Å². The molecule has 2 amide bonds. The fourth-order valence-electron chi connectivity index (χ4n) is 2.21. The van der Waals surface area contributed by atoms with Crippen LogP contribution in [0.15, 0.2) is 12.7 Å². The first-order valence-electron chi connectivity index (χ1n) is 6.76. The molecule has 1 aliphatic rings. The summed E-state index contributed by atoms with van der Waals surface area (Å²) in [4.78, 5) is 38.2. The van der Waals surface area contributed by atoms with Crippen molar-refractivity contribution in [3.8, 4) is 0 Å². The Labute approximate surface area is 129 Å². The molecule has 0 aromatic carbocycles. The van der Waals surface area contributed by atoms with Crippen LogP contribution in [0.1, 0.15) is 19.8 Å². The van der Waals surface area contributed by atoms with Crippen molar-refractivity contribution in [3.05, 3.63) is 12.7 Å². The quantitative estimate of drug-likeness (QED) is 0.720. The highest BCUT2D eigenvalue weighted by Crippen LogP contribution is 2.30. The molecule has 6 nitrogen and oxygen atoms in total. The molecule has 0 spiro atoms. The van der Waals surface area contributed by atoms with Gasteiger partial charge in [-0.15, -0.1) is 0 Å². The molecular formula is C14H22N2O4S. The lowest BCUT2D eigenvalue weighted by molar-refractivity contribution is -0.129. The van der Waals surface area contributed by atoms with E-state index < -0.39 is 6.09 Å².